The smallest absolute Gasteiger partial charge is 0.307 e. The summed E-state index contributed by atoms with van der Waals surface area (Å²) in [4.78, 5) is 13.2. The fourth-order valence-electron chi connectivity index (χ4n) is 3.01. The maximum atomic E-state index is 13.4. The second kappa shape index (κ2) is 9.31. The Labute approximate surface area is 181 Å². The van der Waals surface area contributed by atoms with Crippen molar-refractivity contribution in [1.29, 1.82) is 0 Å². The number of hydrogen-bond acceptors (Lipinski definition) is 4. The van der Waals surface area contributed by atoms with Gasteiger partial charge in [0, 0.05) is 10.8 Å². The van der Waals surface area contributed by atoms with Gasteiger partial charge in [-0.05, 0) is 64.4 Å². The van der Waals surface area contributed by atoms with E-state index in [9.17, 15) is 9.00 Å². The topological polar surface area (TPSA) is 52.6 Å². The predicted octanol–water partition coefficient (Wildman–Crippen LogP) is 5.58. The van der Waals surface area contributed by atoms with Crippen molar-refractivity contribution in [3.8, 4) is 5.75 Å². The van der Waals surface area contributed by atoms with Gasteiger partial charge in [-0.15, -0.1) is 11.6 Å². The molecule has 4 nitrogen and oxygen atoms in total. The minimum Gasteiger partial charge on any atom is -0.497 e. The quantitative estimate of drug-likeness (QED) is 0.419. The zero-order valence-corrected chi connectivity index (χ0v) is 19.4. The lowest BCUT2D eigenvalue weighted by molar-refractivity contribution is -0.155. The van der Waals surface area contributed by atoms with Gasteiger partial charge in [0.25, 0.3) is 0 Å². The van der Waals surface area contributed by atoms with E-state index in [-0.39, 0.29) is 12.4 Å². The molecule has 0 saturated heterocycles. The first-order valence-corrected chi connectivity index (χ1v) is 11.0. The van der Waals surface area contributed by atoms with E-state index in [4.69, 9.17) is 21.1 Å². The van der Waals surface area contributed by atoms with E-state index in [1.54, 1.807) is 26.2 Å². The molecule has 0 amide bonds. The van der Waals surface area contributed by atoms with Gasteiger partial charge >= 0.3 is 5.97 Å². The maximum Gasteiger partial charge on any atom is 0.307 e. The molecule has 0 saturated carbocycles. The molecule has 0 bridgehead atoms. The lowest BCUT2D eigenvalue weighted by atomic mass is 9.92. The molecule has 6 heteroatoms. The van der Waals surface area contributed by atoms with Crippen molar-refractivity contribution >= 4 is 28.4 Å². The van der Waals surface area contributed by atoms with Crippen LogP contribution in [0.2, 0.25) is 0 Å². The molecule has 29 heavy (non-hydrogen) atoms. The zero-order valence-electron chi connectivity index (χ0n) is 17.8. The molecule has 0 spiro atoms. The molecule has 3 unspecified atom stereocenters. The third-order valence-corrected chi connectivity index (χ3v) is 6.92. The number of aryl methyl sites for hydroxylation is 1. The lowest BCUT2D eigenvalue weighted by Gasteiger charge is -2.32. The first-order chi connectivity index (χ1) is 13.4. The Kier molecular flexibility index (Phi) is 7.52. The van der Waals surface area contributed by atoms with E-state index >= 15 is 0 Å². The van der Waals surface area contributed by atoms with Crippen molar-refractivity contribution in [1.82, 2.24) is 0 Å². The largest absolute Gasteiger partial charge is 0.497 e. The summed E-state index contributed by atoms with van der Waals surface area (Å²) >= 11 is 6.91. The van der Waals surface area contributed by atoms with Crippen molar-refractivity contribution in [3.63, 3.8) is 0 Å². The normalized spacial score (nSPS) is 15.8. The number of benzene rings is 2. The highest BCUT2D eigenvalue weighted by atomic mass is 35.5. The van der Waals surface area contributed by atoms with Crippen LogP contribution in [0, 0.1) is 6.92 Å². The molecule has 3 atom stereocenters. The molecule has 0 aliphatic carbocycles. The summed E-state index contributed by atoms with van der Waals surface area (Å²) in [6, 6.07) is 14.7. The average molecular weight is 437 g/mol. The highest BCUT2D eigenvalue weighted by molar-refractivity contribution is 7.88. The van der Waals surface area contributed by atoms with Crippen LogP contribution in [0.4, 0.5) is 0 Å². The molecule has 0 aliphatic rings. The van der Waals surface area contributed by atoms with Gasteiger partial charge < -0.3 is 9.47 Å². The number of carbonyl (C=O) groups excluding carboxylic acids is 1. The summed E-state index contributed by atoms with van der Waals surface area (Å²) in [5.74, 6) is -0.209. The summed E-state index contributed by atoms with van der Waals surface area (Å²) in [6.45, 7) is 9.13. The van der Waals surface area contributed by atoms with Crippen LogP contribution in [0.5, 0.6) is 5.75 Å². The van der Waals surface area contributed by atoms with Crippen LogP contribution >= 0.6 is 11.6 Å². The van der Waals surface area contributed by atoms with Crippen molar-refractivity contribution in [3.05, 3.63) is 59.7 Å². The maximum absolute atomic E-state index is 13.4. The Morgan fingerprint density at radius 3 is 2.07 bits per heavy atom. The molecule has 0 aliphatic heterocycles. The molecule has 2 aromatic rings. The molecular weight excluding hydrogens is 408 g/mol. The molecule has 2 rings (SSSR count). The number of methoxy groups -OCH3 is 1. The molecular formula is C23H29ClO4S. The molecule has 0 aromatic heterocycles. The van der Waals surface area contributed by atoms with Gasteiger partial charge in [0.05, 0.1) is 24.3 Å². The first-order valence-electron chi connectivity index (χ1n) is 9.47. The Bertz CT molecular complexity index is 852. The molecule has 0 fully saturated rings. The molecule has 158 valence electrons. The Hall–Kier alpha value is -1.85. The fourth-order valence-corrected chi connectivity index (χ4v) is 4.80. The Balaban J connectivity index is 2.41. The number of esters is 1. The molecule has 0 radical (unpaired) electrons. The van der Waals surface area contributed by atoms with E-state index in [1.165, 1.54) is 0 Å². The van der Waals surface area contributed by atoms with E-state index < -0.39 is 26.5 Å². The second-order valence-electron chi connectivity index (χ2n) is 8.18. The lowest BCUT2D eigenvalue weighted by Crippen LogP contribution is -2.35. The van der Waals surface area contributed by atoms with E-state index in [2.05, 4.69) is 0 Å². The van der Waals surface area contributed by atoms with Gasteiger partial charge in [-0.3, -0.25) is 9.00 Å². The third kappa shape index (κ3) is 6.31. The van der Waals surface area contributed by atoms with E-state index in [1.807, 2.05) is 64.1 Å². The zero-order chi connectivity index (χ0) is 21.8. The van der Waals surface area contributed by atoms with Crippen LogP contribution in [-0.2, 0) is 20.3 Å². The van der Waals surface area contributed by atoms with Crippen LogP contribution in [0.25, 0.3) is 0 Å². The van der Waals surface area contributed by atoms with Gasteiger partial charge in [-0.25, -0.2) is 0 Å². The average Bonchev–Trinajstić information content (AvgIpc) is 2.65. The summed E-state index contributed by atoms with van der Waals surface area (Å²) in [7, 11) is 0.0357. The molecule has 0 heterocycles. The highest BCUT2D eigenvalue weighted by Gasteiger charge is 2.42. The van der Waals surface area contributed by atoms with Crippen molar-refractivity contribution in [2.24, 2.45) is 0 Å². The number of carbonyl (C=O) groups is 1. The summed E-state index contributed by atoms with van der Waals surface area (Å²) in [5.41, 5.74) is 1.26. The first kappa shape index (κ1) is 23.4. The van der Waals surface area contributed by atoms with Crippen LogP contribution in [0.1, 0.15) is 51.2 Å². The predicted molar refractivity (Wildman–Crippen MR) is 118 cm³/mol. The molecule has 2 aromatic carbocycles. The summed E-state index contributed by atoms with van der Waals surface area (Å²) in [6.07, 6.45) is 0.0151. The molecule has 0 N–H and O–H groups in total. The second-order valence-corrected chi connectivity index (χ2v) is 11.1. The third-order valence-electron chi connectivity index (χ3n) is 4.53. The van der Waals surface area contributed by atoms with Gasteiger partial charge in [0.2, 0.25) is 0 Å². The standard InChI is InChI=1S/C23H29ClO4S/c1-16-7-13-19(14-8-16)29(26)23(5,24)20(15-21(25)28-22(2,3)4)17-9-11-18(27-6)12-10-17/h7-14,20H,15H2,1-6H3. The van der Waals surface area contributed by atoms with Crippen LogP contribution in [-0.4, -0.2) is 27.1 Å². The van der Waals surface area contributed by atoms with Gasteiger partial charge in [-0.2, -0.15) is 0 Å². The van der Waals surface area contributed by atoms with E-state index in [0.717, 1.165) is 11.1 Å². The van der Waals surface area contributed by atoms with Crippen LogP contribution in [0.3, 0.4) is 0 Å². The van der Waals surface area contributed by atoms with Crippen LogP contribution < -0.4 is 4.74 Å². The minimum absolute atomic E-state index is 0.0151. The van der Waals surface area contributed by atoms with Crippen molar-refractivity contribution < 1.29 is 18.5 Å². The van der Waals surface area contributed by atoms with Gasteiger partial charge in [0.1, 0.15) is 15.6 Å². The summed E-state index contributed by atoms with van der Waals surface area (Å²) < 4.78 is 22.9. The van der Waals surface area contributed by atoms with Crippen molar-refractivity contribution in [2.45, 2.75) is 61.7 Å². The highest BCUT2D eigenvalue weighted by Crippen LogP contribution is 2.42. The number of ether oxygens (including phenoxy) is 2. The van der Waals surface area contributed by atoms with Gasteiger partial charge in [-0.1, -0.05) is 29.8 Å². The number of hydrogen-bond donors (Lipinski definition) is 0. The number of halogens is 1. The van der Waals surface area contributed by atoms with Crippen molar-refractivity contribution in [2.75, 3.05) is 7.11 Å². The monoisotopic (exact) mass is 436 g/mol. The Morgan fingerprint density at radius 1 is 1.03 bits per heavy atom. The van der Waals surface area contributed by atoms with Gasteiger partial charge in [0.15, 0.2) is 0 Å². The van der Waals surface area contributed by atoms with E-state index in [0.29, 0.717) is 10.6 Å². The van der Waals surface area contributed by atoms with Crippen LogP contribution in [0.15, 0.2) is 53.4 Å². The SMILES string of the molecule is COc1ccc(C(CC(=O)OC(C)(C)C)C(C)(Cl)S(=O)c2ccc(C)cc2)cc1. The minimum atomic E-state index is -1.55. The Morgan fingerprint density at radius 2 is 1.59 bits per heavy atom. The number of alkyl halides is 1. The fraction of sp³-hybridized carbons (Fsp3) is 0.435. The summed E-state index contributed by atoms with van der Waals surface area (Å²) in [5, 5.41) is 0. The number of rotatable bonds is 7.